The van der Waals surface area contributed by atoms with Crippen LogP contribution >= 0.6 is 0 Å². The molecule has 54 heavy (non-hydrogen) atoms. The van der Waals surface area contributed by atoms with Gasteiger partial charge in [0.1, 0.15) is 11.5 Å². The fourth-order valence-corrected chi connectivity index (χ4v) is 10.1. The van der Waals surface area contributed by atoms with Crippen LogP contribution in [0.5, 0.6) is 11.5 Å². The van der Waals surface area contributed by atoms with Crippen LogP contribution in [0.3, 0.4) is 0 Å². The van der Waals surface area contributed by atoms with Crippen molar-refractivity contribution in [3.05, 3.63) is 97.6 Å². The molecular weight excluding hydrogens is 669 g/mol. The van der Waals surface area contributed by atoms with E-state index in [1.165, 1.54) is 117 Å². The Hall–Kier alpha value is -5.18. The van der Waals surface area contributed by atoms with Crippen LogP contribution in [-0.2, 0) is 13.1 Å². The monoisotopic (exact) mass is 718 g/mol. The lowest BCUT2D eigenvalue weighted by Gasteiger charge is -2.39. The molecule has 0 bridgehead atoms. The number of pyridine rings is 2. The quantitative estimate of drug-likeness (QED) is 0.149. The number of hydrogen-bond acceptors (Lipinski definition) is 4. The topological polar surface area (TPSA) is 64.3 Å². The number of aromatic amines is 2. The lowest BCUT2D eigenvalue weighted by Crippen LogP contribution is -2.46. The predicted octanol–water partition coefficient (Wildman–Crippen LogP) is 7.98. The van der Waals surface area contributed by atoms with Gasteiger partial charge in [-0.25, -0.2) is 0 Å². The Bertz CT molecular complexity index is 2460. The summed E-state index contributed by atoms with van der Waals surface area (Å²) in [6, 6.07) is 26.6. The van der Waals surface area contributed by atoms with Gasteiger partial charge in [-0.3, -0.25) is 9.80 Å². The molecule has 2 fully saturated rings. The van der Waals surface area contributed by atoms with E-state index in [1.54, 1.807) is 14.2 Å². The molecule has 8 nitrogen and oxygen atoms in total. The molecule has 8 heteroatoms. The van der Waals surface area contributed by atoms with Gasteiger partial charge in [-0.2, -0.15) is 9.13 Å². The van der Waals surface area contributed by atoms with E-state index in [9.17, 15) is 0 Å². The highest BCUT2D eigenvalue weighted by atomic mass is 16.5. The molecule has 2 aliphatic rings. The molecule has 0 spiro atoms. The van der Waals surface area contributed by atoms with Gasteiger partial charge in [-0.05, 0) is 123 Å². The molecular formula is C46H50N6O2+2. The number of aromatic nitrogens is 4. The molecule has 10 rings (SSSR count). The van der Waals surface area contributed by atoms with Crippen LogP contribution in [0.2, 0.25) is 0 Å². The van der Waals surface area contributed by atoms with Crippen molar-refractivity contribution in [3.8, 4) is 11.5 Å². The Kier molecular flexibility index (Phi) is 8.60. The van der Waals surface area contributed by atoms with Gasteiger partial charge in [0, 0.05) is 59.8 Å². The molecule has 2 saturated heterocycles. The molecule has 0 unspecified atom stereocenters. The van der Waals surface area contributed by atoms with Gasteiger partial charge in [0.25, 0.3) is 0 Å². The fraction of sp³-hybridized carbons (Fsp3) is 0.348. The molecule has 0 aliphatic carbocycles. The Labute approximate surface area is 315 Å². The summed E-state index contributed by atoms with van der Waals surface area (Å²) in [5, 5.41) is 10.2. The van der Waals surface area contributed by atoms with Crippen molar-refractivity contribution < 1.29 is 18.6 Å². The number of H-pyrrole nitrogens is 2. The number of fused-ring (bicyclic) bond motifs is 10. The van der Waals surface area contributed by atoms with Crippen molar-refractivity contribution >= 4 is 65.2 Å². The molecule has 4 aromatic heterocycles. The maximum absolute atomic E-state index is 5.65. The third-order valence-corrected chi connectivity index (χ3v) is 13.0. The minimum Gasteiger partial charge on any atom is -0.497 e. The van der Waals surface area contributed by atoms with Crippen molar-refractivity contribution in [1.29, 1.82) is 0 Å². The van der Waals surface area contributed by atoms with Gasteiger partial charge in [0.15, 0.2) is 13.1 Å². The van der Waals surface area contributed by atoms with Crippen molar-refractivity contribution in [2.45, 2.75) is 38.8 Å². The molecule has 8 aromatic rings. The zero-order chi connectivity index (χ0) is 36.2. The number of nitrogens with zero attached hydrogens (tertiary/aromatic N) is 4. The maximum Gasteiger partial charge on any atom is 0.214 e. The second kappa shape index (κ2) is 13.9. The van der Waals surface area contributed by atoms with Crippen LogP contribution < -0.4 is 18.6 Å². The van der Waals surface area contributed by atoms with E-state index in [1.807, 2.05) is 12.4 Å². The van der Waals surface area contributed by atoms with E-state index in [0.717, 1.165) is 49.5 Å². The first-order chi connectivity index (χ1) is 26.7. The Morgan fingerprint density at radius 1 is 0.537 bits per heavy atom. The number of likely N-dealkylation sites (tertiary alicyclic amines) is 2. The summed E-state index contributed by atoms with van der Waals surface area (Å²) < 4.78 is 16.4. The maximum atomic E-state index is 5.65. The molecule has 0 amide bonds. The standard InChI is InChI=1S/C46H48N6O2/c1-53-35-5-9-41-37(27-35)45-39-29-47-17-11-33(39)3-7-43(45)51(41)25-23-49-19-13-31(14-20-49)32-15-21-50(22-16-32)24-26-52-42-10-6-36(54-2)28-38(42)46-40-30-48-18-12-34(40)4-8-44(46)52/h3-12,17-18,27-32H,13-16,19-26H2,1-2H3/p+2. The first kappa shape index (κ1) is 33.4. The number of nitrogens with one attached hydrogen (secondary N) is 2. The summed E-state index contributed by atoms with van der Waals surface area (Å²) in [5.74, 6) is 3.51. The molecule has 0 saturated carbocycles. The Morgan fingerprint density at radius 2 is 0.963 bits per heavy atom. The van der Waals surface area contributed by atoms with Crippen LogP contribution in [0.4, 0.5) is 0 Å². The molecule has 0 atom stereocenters. The number of methoxy groups -OCH3 is 2. The summed E-state index contributed by atoms with van der Waals surface area (Å²) in [5.41, 5.74) is 5.18. The Balaban J connectivity index is 0.778. The molecule has 0 radical (unpaired) electrons. The summed E-state index contributed by atoms with van der Waals surface area (Å²) in [7, 11) is 3.51. The second-order valence-electron chi connectivity index (χ2n) is 15.6. The molecule has 2 N–H and O–H groups in total. The highest BCUT2D eigenvalue weighted by molar-refractivity contribution is 6.19. The van der Waals surface area contributed by atoms with Gasteiger partial charge < -0.3 is 19.4 Å². The van der Waals surface area contributed by atoms with Crippen LogP contribution in [0.1, 0.15) is 25.7 Å². The first-order valence-electron chi connectivity index (χ1n) is 19.9. The van der Waals surface area contributed by atoms with Gasteiger partial charge >= 0.3 is 0 Å². The number of benzene rings is 4. The molecule has 6 heterocycles. The fourth-order valence-electron chi connectivity index (χ4n) is 10.1. The lowest BCUT2D eigenvalue weighted by atomic mass is 9.79. The van der Waals surface area contributed by atoms with Crippen molar-refractivity contribution in [3.63, 3.8) is 0 Å². The van der Waals surface area contributed by atoms with Crippen LogP contribution in [0.15, 0.2) is 97.6 Å². The summed E-state index contributed by atoms with van der Waals surface area (Å²) in [6.07, 6.45) is 13.6. The molecule has 2 aliphatic heterocycles. The second-order valence-corrected chi connectivity index (χ2v) is 15.6. The average molecular weight is 719 g/mol. The number of ether oxygens (including phenoxy) is 2. The number of hydrogen-bond donors (Lipinski definition) is 2. The normalized spacial score (nSPS) is 16.9. The molecule has 274 valence electrons. The average Bonchev–Trinajstić information content (AvgIpc) is 3.74. The van der Waals surface area contributed by atoms with Crippen molar-refractivity contribution in [2.75, 3.05) is 53.5 Å². The van der Waals surface area contributed by atoms with Gasteiger partial charge in [-0.1, -0.05) is 0 Å². The third-order valence-electron chi connectivity index (χ3n) is 13.0. The number of piperidine rings is 2. The predicted molar refractivity (Wildman–Crippen MR) is 218 cm³/mol. The summed E-state index contributed by atoms with van der Waals surface area (Å²) in [4.78, 5) is 12.1. The zero-order valence-corrected chi connectivity index (χ0v) is 31.5. The Morgan fingerprint density at radius 3 is 1.39 bits per heavy atom. The SMILES string of the molecule is COc1ccc2c(c1)c1c3c[nH]ccc3ccc1[n+]2CCN1CCC(C2CCN(CC[n+]3c4ccc(OC)cc4c4c5c[nH]ccc5ccc43)CC2)CC1. The minimum absolute atomic E-state index is 0.851. The van der Waals surface area contributed by atoms with E-state index < -0.39 is 0 Å². The third kappa shape index (κ3) is 5.74. The van der Waals surface area contributed by atoms with Crippen LogP contribution in [0.25, 0.3) is 65.2 Å². The van der Waals surface area contributed by atoms with Gasteiger partial charge in [-0.15, -0.1) is 0 Å². The first-order valence-corrected chi connectivity index (χ1v) is 19.9. The van der Waals surface area contributed by atoms with E-state index >= 15 is 0 Å². The van der Waals surface area contributed by atoms with E-state index in [4.69, 9.17) is 9.47 Å². The molecule has 4 aromatic carbocycles. The summed E-state index contributed by atoms with van der Waals surface area (Å²) in [6.45, 7) is 8.98. The van der Waals surface area contributed by atoms with Gasteiger partial charge in [0.05, 0.1) is 48.9 Å². The number of rotatable bonds is 9. The smallest absolute Gasteiger partial charge is 0.214 e. The largest absolute Gasteiger partial charge is 0.497 e. The van der Waals surface area contributed by atoms with E-state index in [0.29, 0.717) is 0 Å². The van der Waals surface area contributed by atoms with Gasteiger partial charge in [0.2, 0.25) is 22.1 Å². The zero-order valence-electron chi connectivity index (χ0n) is 31.5. The van der Waals surface area contributed by atoms with Crippen LogP contribution in [-0.4, -0.2) is 73.3 Å². The lowest BCUT2D eigenvalue weighted by molar-refractivity contribution is -0.643. The van der Waals surface area contributed by atoms with Crippen molar-refractivity contribution in [2.24, 2.45) is 11.8 Å². The van der Waals surface area contributed by atoms with E-state index in [2.05, 4.69) is 114 Å². The summed E-state index contributed by atoms with van der Waals surface area (Å²) >= 11 is 0. The highest BCUT2D eigenvalue weighted by Crippen LogP contribution is 2.36. The van der Waals surface area contributed by atoms with Crippen molar-refractivity contribution in [1.82, 2.24) is 19.8 Å². The highest BCUT2D eigenvalue weighted by Gasteiger charge is 2.31. The van der Waals surface area contributed by atoms with Crippen LogP contribution in [0, 0.1) is 11.8 Å². The van der Waals surface area contributed by atoms with E-state index in [-0.39, 0.29) is 0 Å². The minimum atomic E-state index is 0.851.